The molecule has 5 atom stereocenters. The highest BCUT2D eigenvalue weighted by molar-refractivity contribution is 6.74. The molecule has 3 rings (SSSR count). The van der Waals surface area contributed by atoms with Crippen molar-refractivity contribution in [2.45, 2.75) is 147 Å². The van der Waals surface area contributed by atoms with Crippen LogP contribution in [0.2, 0.25) is 18.1 Å². The fourth-order valence-corrected chi connectivity index (χ4v) is 7.49. The molecule has 0 aromatic rings. The van der Waals surface area contributed by atoms with E-state index in [4.69, 9.17) is 4.43 Å². The number of nitrogens with zero attached hydrogens (tertiary/aromatic N) is 1. The fraction of sp³-hybridized carbons (Fsp3) is 1.00. The highest BCUT2D eigenvalue weighted by Gasteiger charge is 2.58. The van der Waals surface area contributed by atoms with Crippen LogP contribution in [0.3, 0.4) is 0 Å². The van der Waals surface area contributed by atoms with Crippen molar-refractivity contribution < 1.29 is 9.53 Å². The summed E-state index contributed by atoms with van der Waals surface area (Å²) in [4.78, 5) is 2.95. The molecule has 2 saturated heterocycles. The van der Waals surface area contributed by atoms with Crippen LogP contribution in [0, 0.1) is 5.92 Å². The van der Waals surface area contributed by atoms with Crippen LogP contribution in [0.4, 0.5) is 0 Å². The van der Waals surface area contributed by atoms with Gasteiger partial charge >= 0.3 is 0 Å². The lowest BCUT2D eigenvalue weighted by Gasteiger charge is -2.58. The zero-order valence-corrected chi connectivity index (χ0v) is 21.3. The first-order valence-electron chi connectivity index (χ1n) is 12.7. The number of hydrogen-bond donors (Lipinski definition) is 1. The average molecular weight is 424 g/mol. The second kappa shape index (κ2) is 9.30. The van der Waals surface area contributed by atoms with Gasteiger partial charge in [0, 0.05) is 30.1 Å². The van der Waals surface area contributed by atoms with Crippen LogP contribution >= 0.6 is 0 Å². The molecule has 3 fully saturated rings. The third kappa shape index (κ3) is 4.81. The van der Waals surface area contributed by atoms with Gasteiger partial charge in [-0.05, 0) is 56.7 Å². The number of hydrogen-bond acceptors (Lipinski definition) is 3. The molecule has 0 aromatic heterocycles. The highest BCUT2D eigenvalue weighted by atomic mass is 28.4. The summed E-state index contributed by atoms with van der Waals surface area (Å²) in [6, 6.07) is 1.13. The maximum absolute atomic E-state index is 11.1. The van der Waals surface area contributed by atoms with E-state index in [0.717, 1.165) is 13.0 Å². The summed E-state index contributed by atoms with van der Waals surface area (Å²) in [5, 5.41) is 11.4. The largest absolute Gasteiger partial charge is 0.415 e. The van der Waals surface area contributed by atoms with Crippen LogP contribution in [-0.2, 0) is 4.43 Å². The number of piperidine rings is 1. The second-order valence-corrected chi connectivity index (χ2v) is 16.7. The van der Waals surface area contributed by atoms with Gasteiger partial charge in [0.1, 0.15) is 0 Å². The molecule has 4 heteroatoms. The van der Waals surface area contributed by atoms with E-state index in [1.54, 1.807) is 0 Å². The van der Waals surface area contributed by atoms with E-state index < -0.39 is 8.32 Å². The lowest BCUT2D eigenvalue weighted by Crippen LogP contribution is -2.65. The van der Waals surface area contributed by atoms with Crippen molar-refractivity contribution in [1.29, 1.82) is 0 Å². The molecule has 2 heterocycles. The van der Waals surface area contributed by atoms with Crippen molar-refractivity contribution in [1.82, 2.24) is 4.90 Å². The number of aliphatic hydroxyl groups excluding tert-OH is 1. The molecule has 1 N–H and O–H groups in total. The van der Waals surface area contributed by atoms with Gasteiger partial charge in [0.15, 0.2) is 8.32 Å². The van der Waals surface area contributed by atoms with Crippen LogP contribution < -0.4 is 0 Å². The van der Waals surface area contributed by atoms with Gasteiger partial charge in [-0.15, -0.1) is 0 Å². The van der Waals surface area contributed by atoms with Gasteiger partial charge in [-0.1, -0.05) is 66.2 Å². The topological polar surface area (TPSA) is 32.7 Å². The van der Waals surface area contributed by atoms with E-state index in [1.165, 1.54) is 70.6 Å². The zero-order chi connectivity index (χ0) is 21.3. The third-order valence-corrected chi connectivity index (χ3v) is 13.6. The smallest absolute Gasteiger partial charge is 0.192 e. The third-order valence-electron chi connectivity index (χ3n) is 9.09. The second-order valence-electron chi connectivity index (χ2n) is 11.9. The predicted octanol–water partition coefficient (Wildman–Crippen LogP) is 6.51. The summed E-state index contributed by atoms with van der Waals surface area (Å²) >= 11 is 0. The monoisotopic (exact) mass is 423 g/mol. The van der Waals surface area contributed by atoms with E-state index in [9.17, 15) is 5.11 Å². The van der Waals surface area contributed by atoms with Crippen molar-refractivity contribution in [3.05, 3.63) is 0 Å². The van der Waals surface area contributed by atoms with Crippen molar-refractivity contribution >= 4 is 8.32 Å². The minimum atomic E-state index is -1.72. The first-order valence-corrected chi connectivity index (χ1v) is 15.6. The maximum Gasteiger partial charge on any atom is 0.192 e. The van der Waals surface area contributed by atoms with Crippen LogP contribution in [0.5, 0.6) is 0 Å². The first kappa shape index (κ1) is 23.8. The molecule has 29 heavy (non-hydrogen) atoms. The van der Waals surface area contributed by atoms with Gasteiger partial charge in [0.2, 0.25) is 0 Å². The van der Waals surface area contributed by atoms with Gasteiger partial charge in [0.25, 0.3) is 0 Å². The van der Waals surface area contributed by atoms with Crippen molar-refractivity contribution in [2.24, 2.45) is 5.92 Å². The molecule has 0 radical (unpaired) electrons. The Morgan fingerprint density at radius 2 is 1.79 bits per heavy atom. The summed E-state index contributed by atoms with van der Waals surface area (Å²) in [5.74, 6) is 0.501. The Hall–Kier alpha value is 0.0969. The molecule has 0 bridgehead atoms. The molecule has 2 aliphatic heterocycles. The number of aliphatic hydroxyl groups is 1. The predicted molar refractivity (Wildman–Crippen MR) is 126 cm³/mol. The summed E-state index contributed by atoms with van der Waals surface area (Å²) < 4.78 is 6.76. The van der Waals surface area contributed by atoms with Crippen LogP contribution in [0.1, 0.15) is 105 Å². The summed E-state index contributed by atoms with van der Waals surface area (Å²) in [7, 11) is -1.72. The first-order chi connectivity index (χ1) is 13.6. The normalized spacial score (nSPS) is 36.1. The van der Waals surface area contributed by atoms with Crippen molar-refractivity contribution in [3.8, 4) is 0 Å². The fourth-order valence-electron chi connectivity index (χ4n) is 6.45. The van der Waals surface area contributed by atoms with Crippen LogP contribution in [0.15, 0.2) is 0 Å². The van der Waals surface area contributed by atoms with Crippen molar-refractivity contribution in [2.75, 3.05) is 6.61 Å². The molecule has 0 aromatic carbocycles. The molecular weight excluding hydrogens is 374 g/mol. The van der Waals surface area contributed by atoms with E-state index in [1.807, 2.05) is 0 Å². The van der Waals surface area contributed by atoms with E-state index in [-0.39, 0.29) is 16.7 Å². The summed E-state index contributed by atoms with van der Waals surface area (Å²) in [6.07, 6.45) is 15.2. The number of unbranched alkanes of at least 4 members (excludes halogenated alkanes) is 3. The Kier molecular flexibility index (Phi) is 7.62. The lowest BCUT2D eigenvalue weighted by atomic mass is 9.64. The summed E-state index contributed by atoms with van der Waals surface area (Å²) in [6.45, 7) is 15.0. The minimum Gasteiger partial charge on any atom is -0.415 e. The molecule has 170 valence electrons. The Morgan fingerprint density at radius 3 is 2.48 bits per heavy atom. The quantitative estimate of drug-likeness (QED) is 0.357. The molecule has 0 amide bonds. The summed E-state index contributed by atoms with van der Waals surface area (Å²) in [5.41, 5.74) is 0.271. The zero-order valence-electron chi connectivity index (χ0n) is 20.3. The molecule has 1 spiro atoms. The standard InChI is InChI=1S/C25H49NO2Si/c1-7-8-9-10-13-20-18-23(27)22-14-11-12-16-25(22)17-15-21(26(20)25)19-28-29(5,6)24(2,3)4/h20-23,27H,7-19H2,1-6H3/t20-,21-,22+,23+,25+/m1/s1. The lowest BCUT2D eigenvalue weighted by molar-refractivity contribution is -0.125. The Balaban J connectivity index is 1.76. The molecule has 1 aliphatic carbocycles. The Morgan fingerprint density at radius 1 is 1.03 bits per heavy atom. The Bertz CT molecular complexity index is 531. The van der Waals surface area contributed by atoms with Crippen molar-refractivity contribution in [3.63, 3.8) is 0 Å². The SMILES string of the molecule is CCCCCC[C@@H]1C[C@H](O)[C@@H]2CCCC[C@]23CC[C@H](CO[Si](C)(C)C(C)(C)C)N13. The van der Waals surface area contributed by atoms with Gasteiger partial charge in [-0.25, -0.2) is 0 Å². The average Bonchev–Trinajstić information content (AvgIpc) is 3.01. The van der Waals surface area contributed by atoms with E-state index in [2.05, 4.69) is 45.7 Å². The molecule has 0 unspecified atom stereocenters. The van der Waals surface area contributed by atoms with Crippen LogP contribution in [-0.4, -0.2) is 48.7 Å². The minimum absolute atomic E-state index is 0.0808. The molecule has 3 aliphatic rings. The number of rotatable bonds is 8. The van der Waals surface area contributed by atoms with E-state index >= 15 is 0 Å². The maximum atomic E-state index is 11.1. The van der Waals surface area contributed by atoms with Gasteiger partial charge in [0.05, 0.1) is 6.10 Å². The van der Waals surface area contributed by atoms with E-state index in [0.29, 0.717) is 18.0 Å². The van der Waals surface area contributed by atoms with Gasteiger partial charge in [-0.2, -0.15) is 0 Å². The highest BCUT2D eigenvalue weighted by Crippen LogP contribution is 2.54. The molecule has 1 saturated carbocycles. The molecule has 3 nitrogen and oxygen atoms in total. The molecular formula is C25H49NO2Si. The van der Waals surface area contributed by atoms with Gasteiger partial charge in [-0.3, -0.25) is 4.90 Å². The van der Waals surface area contributed by atoms with Crippen LogP contribution in [0.25, 0.3) is 0 Å². The van der Waals surface area contributed by atoms with Gasteiger partial charge < -0.3 is 9.53 Å². The Labute approximate surface area is 182 Å².